The first kappa shape index (κ1) is 52.1. The fourth-order valence-electron chi connectivity index (χ4n) is 7.00. The number of hydrogen-bond acceptors (Lipinski definition) is 8. The summed E-state index contributed by atoms with van der Waals surface area (Å²) in [5.74, 6) is 0.812. The van der Waals surface area contributed by atoms with Gasteiger partial charge < -0.3 is 19.7 Å². The van der Waals surface area contributed by atoms with Gasteiger partial charge in [0, 0.05) is 19.7 Å². The fraction of sp³-hybridized carbons (Fsp3) is 0.911. The van der Waals surface area contributed by atoms with Crippen LogP contribution in [0.5, 0.6) is 0 Å². The fourth-order valence-corrected chi connectivity index (χ4v) is 7.00. The minimum Gasteiger partial charge on any atom is -0.485 e. The van der Waals surface area contributed by atoms with Crippen molar-refractivity contribution in [2.45, 2.75) is 206 Å². The molecule has 9 nitrogen and oxygen atoms in total. The molecule has 0 aromatic carbocycles. The van der Waals surface area contributed by atoms with Crippen LogP contribution in [0.3, 0.4) is 0 Å². The van der Waals surface area contributed by atoms with Crippen molar-refractivity contribution in [3.8, 4) is 0 Å². The molecule has 0 aliphatic heterocycles. The van der Waals surface area contributed by atoms with Gasteiger partial charge in [-0.05, 0) is 32.2 Å². The van der Waals surface area contributed by atoms with Crippen molar-refractivity contribution in [3.63, 3.8) is 0 Å². The van der Waals surface area contributed by atoms with Crippen LogP contribution in [0.25, 0.3) is 0 Å². The molecular weight excluding hydrogens is 681 g/mol. The van der Waals surface area contributed by atoms with E-state index in [0.717, 1.165) is 32.1 Å². The summed E-state index contributed by atoms with van der Waals surface area (Å²) in [6.45, 7) is 6.92. The standard InChI is InChI=1S/C45H86N2O7/c1-3-5-7-9-11-13-14-15-16-17-18-19-20-21-22-24-26-28-30-38-54-45(52)41-47(40-44(50)51)34-31-33-46(35-32-36-48)39-43(42-49)53-37-29-27-25-23-12-10-8-6-4-2/h48H,3-41H2,1-2H3,(H,50,51). The Kier molecular flexibility index (Phi) is 40.7. The van der Waals surface area contributed by atoms with Gasteiger partial charge in [-0.1, -0.05) is 181 Å². The van der Waals surface area contributed by atoms with E-state index in [-0.39, 0.29) is 25.5 Å². The molecule has 0 aliphatic carbocycles. The third-order valence-corrected chi connectivity index (χ3v) is 10.3. The second kappa shape index (κ2) is 42.2. The lowest BCUT2D eigenvalue weighted by atomic mass is 10.0. The quantitative estimate of drug-likeness (QED) is 0.0270. The van der Waals surface area contributed by atoms with E-state index in [0.29, 0.717) is 52.2 Å². The third kappa shape index (κ3) is 38.3. The Labute approximate surface area is 332 Å². The Morgan fingerprint density at radius 3 is 1.22 bits per heavy atom. The summed E-state index contributed by atoms with van der Waals surface area (Å²) in [7, 11) is 0. The number of nitrogens with zero attached hydrogens (tertiary/aromatic N) is 2. The van der Waals surface area contributed by atoms with Gasteiger partial charge in [0.05, 0.1) is 32.8 Å². The van der Waals surface area contributed by atoms with Gasteiger partial charge in [-0.2, -0.15) is 0 Å². The number of unbranched alkanes of at least 4 members (excludes halogenated alkanes) is 26. The number of aliphatic hydroxyl groups excluding tert-OH is 1. The number of esters is 1. The van der Waals surface area contributed by atoms with Crippen molar-refractivity contribution < 1.29 is 34.1 Å². The first-order valence-electron chi connectivity index (χ1n) is 22.8. The molecule has 0 aliphatic rings. The van der Waals surface area contributed by atoms with Crippen molar-refractivity contribution in [1.29, 1.82) is 0 Å². The molecule has 0 spiro atoms. The van der Waals surface area contributed by atoms with E-state index in [1.807, 2.05) is 10.8 Å². The molecule has 0 bridgehead atoms. The maximum absolute atomic E-state index is 12.5. The van der Waals surface area contributed by atoms with Crippen molar-refractivity contribution in [2.75, 3.05) is 59.1 Å². The van der Waals surface area contributed by atoms with Crippen LogP contribution in [0, 0.1) is 0 Å². The van der Waals surface area contributed by atoms with E-state index >= 15 is 0 Å². The van der Waals surface area contributed by atoms with E-state index in [1.165, 1.54) is 148 Å². The Balaban J connectivity index is 4.09. The smallest absolute Gasteiger partial charge is 0.320 e. The number of carboxylic acid groups (broad SMARTS) is 1. The zero-order valence-corrected chi connectivity index (χ0v) is 35.4. The topological polar surface area (TPSA) is 117 Å². The summed E-state index contributed by atoms with van der Waals surface area (Å²) >= 11 is 0. The Morgan fingerprint density at radius 1 is 0.463 bits per heavy atom. The van der Waals surface area contributed by atoms with Crippen LogP contribution in [-0.2, 0) is 23.9 Å². The highest BCUT2D eigenvalue weighted by Crippen LogP contribution is 2.15. The van der Waals surface area contributed by atoms with Gasteiger partial charge in [-0.15, -0.1) is 0 Å². The van der Waals surface area contributed by atoms with Crippen LogP contribution in [0.4, 0.5) is 0 Å². The molecule has 0 saturated carbocycles. The molecule has 318 valence electrons. The lowest BCUT2D eigenvalue weighted by molar-refractivity contribution is -0.146. The lowest BCUT2D eigenvalue weighted by Crippen LogP contribution is -2.38. The number of carbonyl (C=O) groups is 2. The zero-order valence-electron chi connectivity index (χ0n) is 35.4. The van der Waals surface area contributed by atoms with Gasteiger partial charge in [-0.25, -0.2) is 4.79 Å². The summed E-state index contributed by atoms with van der Waals surface area (Å²) in [5, 5.41) is 18.8. The average molecular weight is 767 g/mol. The number of aliphatic carboxylic acids is 1. The second-order valence-corrected chi connectivity index (χ2v) is 15.6. The predicted octanol–water partition coefficient (Wildman–Crippen LogP) is 10.7. The molecule has 0 rings (SSSR count). The van der Waals surface area contributed by atoms with Crippen molar-refractivity contribution in [1.82, 2.24) is 9.80 Å². The summed E-state index contributed by atoms with van der Waals surface area (Å²) < 4.78 is 11.2. The summed E-state index contributed by atoms with van der Waals surface area (Å²) in [4.78, 5) is 39.3. The largest absolute Gasteiger partial charge is 0.485 e. The third-order valence-electron chi connectivity index (χ3n) is 10.3. The highest BCUT2D eigenvalue weighted by atomic mass is 16.5. The van der Waals surface area contributed by atoms with Crippen LogP contribution in [0.15, 0.2) is 5.76 Å². The van der Waals surface area contributed by atoms with E-state index in [2.05, 4.69) is 13.8 Å². The van der Waals surface area contributed by atoms with Crippen molar-refractivity contribution in [3.05, 3.63) is 5.76 Å². The lowest BCUT2D eigenvalue weighted by Gasteiger charge is -2.24. The van der Waals surface area contributed by atoms with Crippen LogP contribution in [0.2, 0.25) is 0 Å². The van der Waals surface area contributed by atoms with Gasteiger partial charge in [0.15, 0.2) is 11.7 Å². The zero-order chi connectivity index (χ0) is 39.6. The molecule has 0 heterocycles. The summed E-state index contributed by atoms with van der Waals surface area (Å²) in [6.07, 6.45) is 37.0. The van der Waals surface area contributed by atoms with E-state index in [1.54, 1.807) is 4.90 Å². The number of hydrogen-bond donors (Lipinski definition) is 2. The summed E-state index contributed by atoms with van der Waals surface area (Å²) in [5.41, 5.74) is 0. The molecule has 0 radical (unpaired) electrons. The van der Waals surface area contributed by atoms with Crippen LogP contribution in [-0.4, -0.2) is 97.0 Å². The Morgan fingerprint density at radius 2 is 0.833 bits per heavy atom. The van der Waals surface area contributed by atoms with E-state index in [4.69, 9.17) is 9.47 Å². The molecule has 0 amide bonds. The van der Waals surface area contributed by atoms with Gasteiger partial charge >= 0.3 is 11.9 Å². The Hall–Kier alpha value is -1.93. The van der Waals surface area contributed by atoms with E-state index < -0.39 is 11.9 Å². The molecule has 0 fully saturated rings. The molecule has 2 N–H and O–H groups in total. The first-order chi connectivity index (χ1) is 26.5. The van der Waals surface area contributed by atoms with Crippen LogP contribution in [0.1, 0.15) is 206 Å². The monoisotopic (exact) mass is 767 g/mol. The van der Waals surface area contributed by atoms with Crippen LogP contribution < -0.4 is 0 Å². The molecular formula is C45H86N2O7. The molecule has 0 aromatic heterocycles. The van der Waals surface area contributed by atoms with Crippen molar-refractivity contribution >= 4 is 17.9 Å². The number of rotatable bonds is 44. The van der Waals surface area contributed by atoms with Gasteiger partial charge in [0.1, 0.15) is 0 Å². The molecule has 0 saturated heterocycles. The first-order valence-corrected chi connectivity index (χ1v) is 22.8. The number of carboxylic acids is 1. The molecule has 0 unspecified atom stereocenters. The number of aliphatic hydroxyl groups is 1. The highest BCUT2D eigenvalue weighted by molar-refractivity contribution is 5.74. The minimum absolute atomic E-state index is 0.0342. The molecule has 9 heteroatoms. The maximum Gasteiger partial charge on any atom is 0.320 e. The summed E-state index contributed by atoms with van der Waals surface area (Å²) in [6, 6.07) is 0. The van der Waals surface area contributed by atoms with Gasteiger partial charge in [0.25, 0.3) is 0 Å². The van der Waals surface area contributed by atoms with Crippen molar-refractivity contribution in [2.24, 2.45) is 0 Å². The Bertz CT molecular complexity index is 880. The average Bonchev–Trinajstić information content (AvgIpc) is 3.15. The SMILES string of the molecule is CCCCCCCCCCCCCCCCCCCCCOC(=O)CN(CCCN(CCCO)CC(=C=O)OCCCCCCCCCCC)CC(=O)O. The number of carbonyl (C=O) groups excluding carboxylic acids is 2. The number of ether oxygens (including phenoxy) is 2. The molecule has 54 heavy (non-hydrogen) atoms. The minimum atomic E-state index is -0.991. The molecule has 0 aromatic rings. The maximum atomic E-state index is 12.5. The highest BCUT2D eigenvalue weighted by Gasteiger charge is 2.17. The predicted molar refractivity (Wildman–Crippen MR) is 224 cm³/mol. The van der Waals surface area contributed by atoms with Crippen LogP contribution >= 0.6 is 0 Å². The van der Waals surface area contributed by atoms with Gasteiger partial charge in [-0.3, -0.25) is 19.4 Å². The molecule has 0 atom stereocenters. The van der Waals surface area contributed by atoms with E-state index in [9.17, 15) is 24.6 Å². The van der Waals surface area contributed by atoms with Gasteiger partial charge in [0.2, 0.25) is 0 Å². The second-order valence-electron chi connectivity index (χ2n) is 15.6. The normalized spacial score (nSPS) is 11.4.